The van der Waals surface area contributed by atoms with Gasteiger partial charge in [-0.1, -0.05) is 11.6 Å². The number of thiophene rings is 1. The van der Waals surface area contributed by atoms with Crippen molar-refractivity contribution in [1.82, 2.24) is 10.2 Å². The number of morpholine rings is 1. The molecule has 0 spiro atoms. The van der Waals surface area contributed by atoms with Crippen LogP contribution in [-0.2, 0) is 9.53 Å². The largest absolute Gasteiger partial charge is 0.484 e. The van der Waals surface area contributed by atoms with Crippen LogP contribution in [0.25, 0.3) is 0 Å². The van der Waals surface area contributed by atoms with Crippen LogP contribution in [0.1, 0.15) is 17.2 Å². The Morgan fingerprint density at radius 3 is 2.88 bits per heavy atom. The molecule has 5 nitrogen and oxygen atoms in total. The van der Waals surface area contributed by atoms with Crippen LogP contribution in [0.4, 0.5) is 0 Å². The summed E-state index contributed by atoms with van der Waals surface area (Å²) in [5.74, 6) is 0.510. The molecule has 2 aromatic rings. The van der Waals surface area contributed by atoms with Crippen molar-refractivity contribution in [3.63, 3.8) is 0 Å². The average Bonchev–Trinajstić information content (AvgIpc) is 3.18. The van der Waals surface area contributed by atoms with Gasteiger partial charge in [0.25, 0.3) is 5.91 Å². The Morgan fingerprint density at radius 2 is 2.19 bits per heavy atom. The number of ether oxygens (including phenoxy) is 2. The van der Waals surface area contributed by atoms with E-state index < -0.39 is 0 Å². The van der Waals surface area contributed by atoms with E-state index in [1.165, 1.54) is 5.56 Å². The zero-order chi connectivity index (χ0) is 18.4. The highest BCUT2D eigenvalue weighted by Crippen LogP contribution is 2.24. The molecule has 3 rings (SSSR count). The molecule has 1 unspecified atom stereocenters. The van der Waals surface area contributed by atoms with Gasteiger partial charge in [0.05, 0.1) is 19.3 Å². The third kappa shape index (κ3) is 5.20. The van der Waals surface area contributed by atoms with Crippen molar-refractivity contribution >= 4 is 28.8 Å². The molecule has 7 heteroatoms. The van der Waals surface area contributed by atoms with Gasteiger partial charge in [0, 0.05) is 24.7 Å². The minimum atomic E-state index is -0.133. The molecule has 0 aliphatic carbocycles. The summed E-state index contributed by atoms with van der Waals surface area (Å²) in [7, 11) is 0. The Hall–Kier alpha value is -1.60. The summed E-state index contributed by atoms with van der Waals surface area (Å²) in [5, 5.41) is 7.89. The fourth-order valence-electron chi connectivity index (χ4n) is 2.93. The van der Waals surface area contributed by atoms with Gasteiger partial charge in [-0.25, -0.2) is 0 Å². The van der Waals surface area contributed by atoms with Gasteiger partial charge in [-0.2, -0.15) is 11.3 Å². The van der Waals surface area contributed by atoms with E-state index in [-0.39, 0.29) is 18.6 Å². The lowest BCUT2D eigenvalue weighted by atomic mass is 10.1. The zero-order valence-electron chi connectivity index (χ0n) is 14.7. The third-order valence-corrected chi connectivity index (χ3v) is 5.53. The molecule has 1 aromatic heterocycles. The maximum Gasteiger partial charge on any atom is 0.258 e. The average molecular weight is 395 g/mol. The first-order valence-corrected chi connectivity index (χ1v) is 9.95. The number of nitrogens with zero attached hydrogens (tertiary/aromatic N) is 1. The fraction of sp³-hybridized carbons (Fsp3) is 0.421. The summed E-state index contributed by atoms with van der Waals surface area (Å²) in [5.41, 5.74) is 2.15. The summed E-state index contributed by atoms with van der Waals surface area (Å²) in [4.78, 5) is 14.6. The van der Waals surface area contributed by atoms with E-state index in [0.717, 1.165) is 31.9 Å². The van der Waals surface area contributed by atoms with Crippen LogP contribution >= 0.6 is 22.9 Å². The van der Waals surface area contributed by atoms with E-state index in [0.29, 0.717) is 17.3 Å². The van der Waals surface area contributed by atoms with Crippen molar-refractivity contribution < 1.29 is 14.3 Å². The second-order valence-corrected chi connectivity index (χ2v) is 7.41. The highest BCUT2D eigenvalue weighted by molar-refractivity contribution is 7.07. The van der Waals surface area contributed by atoms with E-state index >= 15 is 0 Å². The number of carbonyl (C=O) groups excluding carboxylic acids is 1. The standard InChI is InChI=1S/C19H23ClN2O3S/c1-14-10-16(2-3-17(14)20)25-12-19(23)21-11-18(15-4-9-26-13-15)22-5-7-24-8-6-22/h2-4,9-10,13,18H,5-8,11-12H2,1H3,(H,21,23). The molecule has 1 atom stereocenters. The van der Waals surface area contributed by atoms with Crippen LogP contribution in [0.15, 0.2) is 35.0 Å². The van der Waals surface area contributed by atoms with E-state index in [2.05, 4.69) is 27.0 Å². The number of benzene rings is 1. The number of nitrogens with one attached hydrogen (secondary N) is 1. The summed E-state index contributed by atoms with van der Waals surface area (Å²) in [6, 6.07) is 7.65. The molecule has 1 saturated heterocycles. The topological polar surface area (TPSA) is 50.8 Å². The summed E-state index contributed by atoms with van der Waals surface area (Å²) >= 11 is 7.67. The summed E-state index contributed by atoms with van der Waals surface area (Å²) in [6.07, 6.45) is 0. The lowest BCUT2D eigenvalue weighted by Crippen LogP contribution is -2.44. The molecule has 1 N–H and O–H groups in total. The van der Waals surface area contributed by atoms with Gasteiger partial charge in [0.1, 0.15) is 5.75 Å². The molecule has 1 amide bonds. The van der Waals surface area contributed by atoms with Crippen molar-refractivity contribution in [3.05, 3.63) is 51.2 Å². The minimum Gasteiger partial charge on any atom is -0.484 e. The quantitative estimate of drug-likeness (QED) is 0.783. The molecule has 0 bridgehead atoms. The molecule has 0 saturated carbocycles. The first kappa shape index (κ1) is 19.2. The van der Waals surface area contributed by atoms with Crippen molar-refractivity contribution in [2.75, 3.05) is 39.5 Å². The van der Waals surface area contributed by atoms with Crippen LogP contribution in [0.2, 0.25) is 5.02 Å². The van der Waals surface area contributed by atoms with Gasteiger partial charge in [0.2, 0.25) is 0 Å². The molecular weight excluding hydrogens is 372 g/mol. The van der Waals surface area contributed by atoms with Crippen LogP contribution in [-0.4, -0.2) is 50.3 Å². The normalized spacial score (nSPS) is 16.2. The maximum absolute atomic E-state index is 12.2. The maximum atomic E-state index is 12.2. The number of amides is 1. The third-order valence-electron chi connectivity index (χ3n) is 4.41. The first-order valence-electron chi connectivity index (χ1n) is 8.63. The lowest BCUT2D eigenvalue weighted by Gasteiger charge is -2.34. The monoisotopic (exact) mass is 394 g/mol. The van der Waals surface area contributed by atoms with Crippen molar-refractivity contribution in [3.8, 4) is 5.75 Å². The molecule has 1 aromatic carbocycles. The number of aryl methyl sites for hydroxylation is 1. The number of hydrogen-bond donors (Lipinski definition) is 1. The highest BCUT2D eigenvalue weighted by atomic mass is 35.5. The predicted molar refractivity (Wildman–Crippen MR) is 104 cm³/mol. The van der Waals surface area contributed by atoms with Gasteiger partial charge in [-0.05, 0) is 53.1 Å². The number of hydrogen-bond acceptors (Lipinski definition) is 5. The molecule has 1 aliphatic heterocycles. The Balaban J connectivity index is 1.52. The second kappa shape index (κ2) is 9.37. The Labute approximate surface area is 162 Å². The molecule has 26 heavy (non-hydrogen) atoms. The Morgan fingerprint density at radius 1 is 1.38 bits per heavy atom. The molecule has 140 valence electrons. The second-order valence-electron chi connectivity index (χ2n) is 6.22. The van der Waals surface area contributed by atoms with Crippen LogP contribution in [0.5, 0.6) is 5.75 Å². The van der Waals surface area contributed by atoms with Gasteiger partial charge >= 0.3 is 0 Å². The van der Waals surface area contributed by atoms with Crippen LogP contribution in [0.3, 0.4) is 0 Å². The van der Waals surface area contributed by atoms with E-state index in [1.807, 2.05) is 13.0 Å². The molecular formula is C19H23ClN2O3S. The van der Waals surface area contributed by atoms with Gasteiger partial charge in [0.15, 0.2) is 6.61 Å². The Kier molecular flexibility index (Phi) is 6.91. The molecule has 1 aliphatic rings. The predicted octanol–water partition coefficient (Wildman–Crippen LogP) is 3.28. The van der Waals surface area contributed by atoms with Gasteiger partial charge in [-0.3, -0.25) is 9.69 Å². The lowest BCUT2D eigenvalue weighted by molar-refractivity contribution is -0.123. The number of rotatable bonds is 7. The molecule has 0 radical (unpaired) electrons. The fourth-order valence-corrected chi connectivity index (χ4v) is 3.75. The van der Waals surface area contributed by atoms with Crippen LogP contribution in [0, 0.1) is 6.92 Å². The highest BCUT2D eigenvalue weighted by Gasteiger charge is 2.23. The van der Waals surface area contributed by atoms with Crippen molar-refractivity contribution in [2.24, 2.45) is 0 Å². The minimum absolute atomic E-state index is 0.0134. The van der Waals surface area contributed by atoms with Crippen LogP contribution < -0.4 is 10.1 Å². The van der Waals surface area contributed by atoms with Gasteiger partial charge in [-0.15, -0.1) is 0 Å². The summed E-state index contributed by atoms with van der Waals surface area (Å²) in [6.45, 7) is 5.65. The Bertz CT molecular complexity index is 718. The molecule has 2 heterocycles. The summed E-state index contributed by atoms with van der Waals surface area (Å²) < 4.78 is 11.0. The number of halogens is 1. The SMILES string of the molecule is Cc1cc(OCC(=O)NCC(c2ccsc2)N2CCOCC2)ccc1Cl. The smallest absolute Gasteiger partial charge is 0.258 e. The van der Waals surface area contributed by atoms with E-state index in [1.54, 1.807) is 23.5 Å². The first-order chi connectivity index (χ1) is 12.6. The van der Waals surface area contributed by atoms with Crippen molar-refractivity contribution in [1.29, 1.82) is 0 Å². The molecule has 1 fully saturated rings. The van der Waals surface area contributed by atoms with Crippen molar-refractivity contribution in [2.45, 2.75) is 13.0 Å². The zero-order valence-corrected chi connectivity index (χ0v) is 16.3. The van der Waals surface area contributed by atoms with Gasteiger partial charge < -0.3 is 14.8 Å². The number of carbonyl (C=O) groups is 1. The van der Waals surface area contributed by atoms with E-state index in [9.17, 15) is 4.79 Å². The van der Waals surface area contributed by atoms with E-state index in [4.69, 9.17) is 21.1 Å².